The molecule has 2 aromatic heterocycles. The Morgan fingerprint density at radius 3 is 2.92 bits per heavy atom. The van der Waals surface area contributed by atoms with Gasteiger partial charge in [0, 0.05) is 17.6 Å². The highest BCUT2D eigenvalue weighted by atomic mass is 16.1. The molecule has 0 aliphatic heterocycles. The lowest BCUT2D eigenvalue weighted by Crippen LogP contribution is -2.08. The fourth-order valence-electron chi connectivity index (χ4n) is 1.15. The summed E-state index contributed by atoms with van der Waals surface area (Å²) in [6.07, 6.45) is 3.42. The van der Waals surface area contributed by atoms with Gasteiger partial charge in [0.05, 0.1) is 6.20 Å². The molecule has 0 aliphatic carbocycles. The quantitative estimate of drug-likeness (QED) is 0.699. The highest BCUT2D eigenvalue weighted by Gasteiger charge is 2.05. The molecule has 5 heteroatoms. The molecule has 2 aromatic rings. The highest BCUT2D eigenvalue weighted by molar-refractivity contribution is 5.75. The minimum Gasteiger partial charge on any atom is -0.269 e. The molecule has 0 atom stereocenters. The van der Waals surface area contributed by atoms with E-state index in [0.29, 0.717) is 5.52 Å². The molecule has 0 aliphatic rings. The number of aromatic amines is 1. The number of rotatable bonds is 1. The molecule has 0 radical (unpaired) electrons. The maximum Gasteiger partial charge on any atom is 0.292 e. The standard InChI is InChI=1S/C8H10N4O/c1-5(2)12-4-6-3-9-10-8(13)7(6)11-12/h3-5H,1-2H3,(H,10,13). The first kappa shape index (κ1) is 7.97. The summed E-state index contributed by atoms with van der Waals surface area (Å²) in [6.45, 7) is 4.01. The molecule has 0 saturated heterocycles. The third-order valence-electron chi connectivity index (χ3n) is 1.87. The summed E-state index contributed by atoms with van der Waals surface area (Å²) in [5.74, 6) is 0. The second-order valence-corrected chi connectivity index (χ2v) is 3.21. The van der Waals surface area contributed by atoms with E-state index in [4.69, 9.17) is 0 Å². The second-order valence-electron chi connectivity index (χ2n) is 3.21. The predicted octanol–water partition coefficient (Wildman–Crippen LogP) is 0.700. The lowest BCUT2D eigenvalue weighted by atomic mass is 10.4. The topological polar surface area (TPSA) is 63.6 Å². The number of nitrogens with zero attached hydrogens (tertiary/aromatic N) is 3. The number of aromatic nitrogens is 4. The van der Waals surface area contributed by atoms with Gasteiger partial charge in [-0.1, -0.05) is 0 Å². The minimum absolute atomic E-state index is 0.239. The van der Waals surface area contributed by atoms with Crippen LogP contribution in [-0.2, 0) is 0 Å². The van der Waals surface area contributed by atoms with Gasteiger partial charge in [0.2, 0.25) is 0 Å². The van der Waals surface area contributed by atoms with Gasteiger partial charge < -0.3 is 0 Å². The first-order valence-electron chi connectivity index (χ1n) is 4.11. The van der Waals surface area contributed by atoms with E-state index < -0.39 is 0 Å². The lowest BCUT2D eigenvalue weighted by Gasteiger charge is -2.01. The summed E-state index contributed by atoms with van der Waals surface area (Å²) in [6, 6.07) is 0.256. The predicted molar refractivity (Wildman–Crippen MR) is 48.5 cm³/mol. The van der Waals surface area contributed by atoms with Crippen molar-refractivity contribution in [3.05, 3.63) is 22.7 Å². The number of nitrogens with one attached hydrogen (secondary N) is 1. The zero-order valence-electron chi connectivity index (χ0n) is 7.48. The molecule has 0 saturated carbocycles. The van der Waals surface area contributed by atoms with Crippen molar-refractivity contribution in [2.75, 3.05) is 0 Å². The maximum absolute atomic E-state index is 11.2. The van der Waals surface area contributed by atoms with Crippen LogP contribution in [-0.4, -0.2) is 20.0 Å². The fourth-order valence-corrected chi connectivity index (χ4v) is 1.15. The number of hydrogen-bond donors (Lipinski definition) is 1. The lowest BCUT2D eigenvalue weighted by molar-refractivity contribution is 0.537. The highest BCUT2D eigenvalue weighted by Crippen LogP contribution is 2.09. The first-order valence-corrected chi connectivity index (χ1v) is 4.11. The van der Waals surface area contributed by atoms with Crippen LogP contribution >= 0.6 is 0 Å². The molecule has 0 aromatic carbocycles. The van der Waals surface area contributed by atoms with Crippen molar-refractivity contribution in [3.63, 3.8) is 0 Å². The van der Waals surface area contributed by atoms with E-state index in [0.717, 1.165) is 5.39 Å². The van der Waals surface area contributed by atoms with Crippen LogP contribution < -0.4 is 5.56 Å². The van der Waals surface area contributed by atoms with E-state index in [-0.39, 0.29) is 11.6 Å². The molecule has 0 bridgehead atoms. The van der Waals surface area contributed by atoms with Crippen LogP contribution in [0.1, 0.15) is 19.9 Å². The van der Waals surface area contributed by atoms with E-state index in [1.807, 2.05) is 20.0 Å². The largest absolute Gasteiger partial charge is 0.292 e. The third kappa shape index (κ3) is 1.22. The van der Waals surface area contributed by atoms with Gasteiger partial charge >= 0.3 is 0 Å². The number of H-pyrrole nitrogens is 1. The van der Waals surface area contributed by atoms with E-state index in [1.54, 1.807) is 10.9 Å². The van der Waals surface area contributed by atoms with Gasteiger partial charge in [-0.3, -0.25) is 9.48 Å². The monoisotopic (exact) mass is 178 g/mol. The summed E-state index contributed by atoms with van der Waals surface area (Å²) in [4.78, 5) is 11.2. The maximum atomic E-state index is 11.2. The summed E-state index contributed by atoms with van der Waals surface area (Å²) >= 11 is 0. The summed E-state index contributed by atoms with van der Waals surface area (Å²) in [7, 11) is 0. The molecule has 0 fully saturated rings. The molecule has 2 heterocycles. The molecule has 2 rings (SSSR count). The smallest absolute Gasteiger partial charge is 0.269 e. The molecular weight excluding hydrogens is 168 g/mol. The zero-order valence-corrected chi connectivity index (χ0v) is 7.48. The molecule has 13 heavy (non-hydrogen) atoms. The van der Waals surface area contributed by atoms with E-state index in [1.165, 1.54) is 0 Å². The van der Waals surface area contributed by atoms with Crippen LogP contribution in [0.3, 0.4) is 0 Å². The Bertz CT molecular complexity index is 482. The Balaban J connectivity index is 2.76. The van der Waals surface area contributed by atoms with Crippen molar-refractivity contribution in [2.24, 2.45) is 0 Å². The normalized spacial score (nSPS) is 11.3. The van der Waals surface area contributed by atoms with Crippen molar-refractivity contribution in [1.29, 1.82) is 0 Å². The van der Waals surface area contributed by atoms with Crippen molar-refractivity contribution in [1.82, 2.24) is 20.0 Å². The molecule has 1 N–H and O–H groups in total. The van der Waals surface area contributed by atoms with Crippen LogP contribution in [0.5, 0.6) is 0 Å². The van der Waals surface area contributed by atoms with Gasteiger partial charge in [-0.25, -0.2) is 5.10 Å². The summed E-state index contributed by atoms with van der Waals surface area (Å²) in [5.41, 5.74) is 0.209. The van der Waals surface area contributed by atoms with Gasteiger partial charge in [-0.05, 0) is 13.8 Å². The molecule has 0 spiro atoms. The summed E-state index contributed by atoms with van der Waals surface area (Å²) < 4.78 is 1.75. The Kier molecular flexibility index (Phi) is 1.65. The van der Waals surface area contributed by atoms with Gasteiger partial charge in [-0.2, -0.15) is 10.2 Å². The van der Waals surface area contributed by atoms with E-state index in [9.17, 15) is 4.79 Å². The number of hydrogen-bond acceptors (Lipinski definition) is 3. The van der Waals surface area contributed by atoms with E-state index >= 15 is 0 Å². The molecule has 0 unspecified atom stereocenters. The van der Waals surface area contributed by atoms with Crippen molar-refractivity contribution >= 4 is 10.9 Å². The summed E-state index contributed by atoms with van der Waals surface area (Å²) in [5, 5.41) is 11.0. The van der Waals surface area contributed by atoms with Crippen LogP contribution in [0.15, 0.2) is 17.2 Å². The van der Waals surface area contributed by atoms with Crippen LogP contribution in [0.25, 0.3) is 10.9 Å². The zero-order chi connectivity index (χ0) is 9.42. The van der Waals surface area contributed by atoms with Gasteiger partial charge in [0.25, 0.3) is 5.56 Å². The van der Waals surface area contributed by atoms with Crippen LogP contribution in [0.4, 0.5) is 0 Å². The Hall–Kier alpha value is -1.65. The Labute approximate surface area is 74.4 Å². The van der Waals surface area contributed by atoms with Gasteiger partial charge in [0.1, 0.15) is 0 Å². The average Bonchev–Trinajstić information content (AvgIpc) is 2.49. The third-order valence-corrected chi connectivity index (χ3v) is 1.87. The molecule has 68 valence electrons. The number of fused-ring (bicyclic) bond motifs is 1. The van der Waals surface area contributed by atoms with Crippen LogP contribution in [0, 0.1) is 0 Å². The average molecular weight is 178 g/mol. The van der Waals surface area contributed by atoms with Crippen LogP contribution in [0.2, 0.25) is 0 Å². The fraction of sp³-hybridized carbons (Fsp3) is 0.375. The van der Waals surface area contributed by atoms with Crippen molar-refractivity contribution in [3.8, 4) is 0 Å². The first-order chi connectivity index (χ1) is 6.18. The van der Waals surface area contributed by atoms with Gasteiger partial charge in [0.15, 0.2) is 5.52 Å². The Morgan fingerprint density at radius 2 is 2.31 bits per heavy atom. The van der Waals surface area contributed by atoms with Gasteiger partial charge in [-0.15, -0.1) is 0 Å². The minimum atomic E-state index is -0.239. The van der Waals surface area contributed by atoms with Crippen molar-refractivity contribution in [2.45, 2.75) is 19.9 Å². The molecular formula is C8H10N4O. The molecule has 5 nitrogen and oxygen atoms in total. The molecule has 0 amide bonds. The second kappa shape index (κ2) is 2.69. The SMILES string of the molecule is CC(C)n1cc2cn[nH]c(=O)c2n1. The Morgan fingerprint density at radius 1 is 1.54 bits per heavy atom. The van der Waals surface area contributed by atoms with E-state index in [2.05, 4.69) is 15.3 Å². The van der Waals surface area contributed by atoms with Crippen molar-refractivity contribution < 1.29 is 0 Å².